The number of aryl methyl sites for hydroxylation is 2. The molecule has 28 heavy (non-hydrogen) atoms. The Morgan fingerprint density at radius 1 is 0.964 bits per heavy atom. The minimum absolute atomic E-state index is 0.555. The first-order valence-corrected chi connectivity index (χ1v) is 9.72. The Morgan fingerprint density at radius 2 is 1.68 bits per heavy atom. The summed E-state index contributed by atoms with van der Waals surface area (Å²) in [5, 5.41) is 4.73. The van der Waals surface area contributed by atoms with E-state index in [0.717, 1.165) is 33.8 Å². The molecule has 0 aliphatic carbocycles. The third-order valence-corrected chi connectivity index (χ3v) is 5.14. The molecule has 4 aromatic rings. The molecular weight excluding hydrogens is 389 g/mol. The van der Waals surface area contributed by atoms with Crippen LogP contribution in [0, 0.1) is 13.8 Å². The van der Waals surface area contributed by atoms with Crippen molar-refractivity contribution < 1.29 is 0 Å². The van der Waals surface area contributed by atoms with Crippen molar-refractivity contribution in [1.29, 1.82) is 0 Å². The molecule has 2 aromatic heterocycles. The standard InChI is InChI=1S/C23H19Cl2N3/c1-15-7-6-8-16(2)21(15)27-23-22(19(25)13-17-9-4-3-5-10-17)26-20-12-11-18(24)14-28(20)23/h3-14,27H,1-2H3/b19-13-. The number of para-hydroxylation sites is 1. The maximum atomic E-state index is 6.72. The van der Waals surface area contributed by atoms with Crippen molar-refractivity contribution in [2.24, 2.45) is 0 Å². The molecule has 4 rings (SSSR count). The van der Waals surface area contributed by atoms with E-state index in [2.05, 4.69) is 31.3 Å². The third-order valence-electron chi connectivity index (χ3n) is 4.63. The van der Waals surface area contributed by atoms with E-state index < -0.39 is 0 Å². The fraction of sp³-hybridized carbons (Fsp3) is 0.0870. The zero-order valence-corrected chi connectivity index (χ0v) is 17.1. The van der Waals surface area contributed by atoms with E-state index in [1.807, 2.05) is 65.2 Å². The predicted molar refractivity (Wildman–Crippen MR) is 120 cm³/mol. The van der Waals surface area contributed by atoms with E-state index in [1.54, 1.807) is 0 Å². The fourth-order valence-electron chi connectivity index (χ4n) is 3.20. The summed E-state index contributed by atoms with van der Waals surface area (Å²) >= 11 is 13.0. The first-order valence-electron chi connectivity index (χ1n) is 8.96. The highest BCUT2D eigenvalue weighted by Gasteiger charge is 2.17. The summed E-state index contributed by atoms with van der Waals surface area (Å²) in [7, 11) is 0. The van der Waals surface area contributed by atoms with E-state index in [-0.39, 0.29) is 0 Å². The second-order valence-corrected chi connectivity index (χ2v) is 7.52. The summed E-state index contributed by atoms with van der Waals surface area (Å²) < 4.78 is 1.94. The van der Waals surface area contributed by atoms with Crippen LogP contribution in [0.5, 0.6) is 0 Å². The zero-order valence-electron chi connectivity index (χ0n) is 15.6. The Kier molecular flexibility index (Phi) is 5.12. The molecule has 0 saturated carbocycles. The van der Waals surface area contributed by atoms with Gasteiger partial charge in [-0.2, -0.15) is 0 Å². The summed E-state index contributed by atoms with van der Waals surface area (Å²) in [6.07, 6.45) is 3.76. The summed E-state index contributed by atoms with van der Waals surface area (Å²) in [5.41, 5.74) is 5.79. The number of benzene rings is 2. The smallest absolute Gasteiger partial charge is 0.144 e. The summed E-state index contributed by atoms with van der Waals surface area (Å²) in [6.45, 7) is 4.15. The molecule has 2 aromatic carbocycles. The van der Waals surface area contributed by atoms with Crippen molar-refractivity contribution in [3.05, 3.63) is 94.3 Å². The number of fused-ring (bicyclic) bond motifs is 1. The topological polar surface area (TPSA) is 29.3 Å². The number of halogens is 2. The normalized spacial score (nSPS) is 11.8. The molecule has 0 aliphatic heterocycles. The number of hydrogen-bond donors (Lipinski definition) is 1. The minimum atomic E-state index is 0.555. The first kappa shape index (κ1) is 18.6. The lowest BCUT2D eigenvalue weighted by Gasteiger charge is -2.14. The molecular formula is C23H19Cl2N3. The Balaban J connectivity index is 1.89. The van der Waals surface area contributed by atoms with Gasteiger partial charge in [0, 0.05) is 11.9 Å². The Morgan fingerprint density at radius 3 is 2.39 bits per heavy atom. The zero-order chi connectivity index (χ0) is 19.7. The van der Waals surface area contributed by atoms with Crippen molar-refractivity contribution >= 4 is 51.5 Å². The summed E-state index contributed by atoms with van der Waals surface area (Å²) in [4.78, 5) is 4.75. The molecule has 0 amide bonds. The SMILES string of the molecule is Cc1cccc(C)c1Nc1c(/C(Cl)=C/c2ccccc2)nc2ccc(Cl)cn12. The predicted octanol–water partition coefficient (Wildman–Crippen LogP) is 7.09. The van der Waals surface area contributed by atoms with Crippen LogP contribution in [-0.2, 0) is 0 Å². The van der Waals surface area contributed by atoms with Crippen LogP contribution in [0.4, 0.5) is 11.5 Å². The minimum Gasteiger partial charge on any atom is -0.339 e. The van der Waals surface area contributed by atoms with Gasteiger partial charge in [-0.15, -0.1) is 0 Å². The van der Waals surface area contributed by atoms with Crippen LogP contribution in [0.3, 0.4) is 0 Å². The largest absolute Gasteiger partial charge is 0.339 e. The second-order valence-electron chi connectivity index (χ2n) is 6.68. The van der Waals surface area contributed by atoms with Crippen LogP contribution in [-0.4, -0.2) is 9.38 Å². The highest BCUT2D eigenvalue weighted by Crippen LogP contribution is 2.34. The van der Waals surface area contributed by atoms with Gasteiger partial charge in [-0.1, -0.05) is 71.7 Å². The number of rotatable bonds is 4. The number of aromatic nitrogens is 2. The molecule has 0 unspecified atom stereocenters. The molecule has 140 valence electrons. The lowest BCUT2D eigenvalue weighted by molar-refractivity contribution is 1.18. The van der Waals surface area contributed by atoms with Crippen molar-refractivity contribution in [2.45, 2.75) is 13.8 Å². The average Bonchev–Trinajstić information content (AvgIpc) is 3.03. The molecule has 0 spiro atoms. The molecule has 0 fully saturated rings. The van der Waals surface area contributed by atoms with Crippen molar-refractivity contribution in [3.63, 3.8) is 0 Å². The molecule has 5 heteroatoms. The maximum Gasteiger partial charge on any atom is 0.144 e. The van der Waals surface area contributed by atoms with Gasteiger partial charge >= 0.3 is 0 Å². The molecule has 2 heterocycles. The van der Waals surface area contributed by atoms with Gasteiger partial charge in [0.15, 0.2) is 0 Å². The van der Waals surface area contributed by atoms with Crippen molar-refractivity contribution in [2.75, 3.05) is 5.32 Å². The third kappa shape index (κ3) is 3.64. The van der Waals surface area contributed by atoms with Gasteiger partial charge in [0.2, 0.25) is 0 Å². The first-order chi connectivity index (χ1) is 13.5. The molecule has 3 nitrogen and oxygen atoms in total. The molecule has 0 radical (unpaired) electrons. The highest BCUT2D eigenvalue weighted by molar-refractivity contribution is 6.51. The van der Waals surface area contributed by atoms with Crippen molar-refractivity contribution in [1.82, 2.24) is 9.38 Å². The Bertz CT molecular complexity index is 1160. The van der Waals surface area contributed by atoms with E-state index in [1.165, 1.54) is 0 Å². The van der Waals surface area contributed by atoms with Gasteiger partial charge in [0.1, 0.15) is 17.2 Å². The molecule has 1 N–H and O–H groups in total. The number of hydrogen-bond acceptors (Lipinski definition) is 2. The lowest BCUT2D eigenvalue weighted by Crippen LogP contribution is -2.01. The number of pyridine rings is 1. The van der Waals surface area contributed by atoms with E-state index in [9.17, 15) is 0 Å². The number of anilines is 2. The molecule has 0 bridgehead atoms. The van der Waals surface area contributed by atoms with Crippen LogP contribution in [0.2, 0.25) is 5.02 Å². The van der Waals surface area contributed by atoms with Gasteiger partial charge in [-0.05, 0) is 48.7 Å². The number of nitrogens with zero attached hydrogens (tertiary/aromatic N) is 2. The summed E-state index contributed by atoms with van der Waals surface area (Å²) in [5.74, 6) is 0.784. The number of nitrogens with one attached hydrogen (secondary N) is 1. The van der Waals surface area contributed by atoms with E-state index in [0.29, 0.717) is 15.7 Å². The summed E-state index contributed by atoms with van der Waals surface area (Å²) in [6, 6.07) is 19.9. The average molecular weight is 408 g/mol. The van der Waals surface area contributed by atoms with Gasteiger partial charge in [-0.25, -0.2) is 4.98 Å². The number of imidazole rings is 1. The second kappa shape index (κ2) is 7.70. The van der Waals surface area contributed by atoms with E-state index >= 15 is 0 Å². The van der Waals surface area contributed by atoms with Gasteiger partial charge in [-0.3, -0.25) is 4.40 Å². The van der Waals surface area contributed by atoms with Crippen LogP contribution in [0.1, 0.15) is 22.4 Å². The van der Waals surface area contributed by atoms with Gasteiger partial charge in [0.25, 0.3) is 0 Å². The Labute approximate surface area is 174 Å². The fourth-order valence-corrected chi connectivity index (χ4v) is 3.62. The van der Waals surface area contributed by atoms with Crippen LogP contribution >= 0.6 is 23.2 Å². The molecule has 0 saturated heterocycles. The van der Waals surface area contributed by atoms with Crippen LogP contribution < -0.4 is 5.32 Å². The van der Waals surface area contributed by atoms with Gasteiger partial charge < -0.3 is 5.32 Å². The van der Waals surface area contributed by atoms with Crippen LogP contribution in [0.25, 0.3) is 16.8 Å². The van der Waals surface area contributed by atoms with Gasteiger partial charge in [0.05, 0.1) is 10.1 Å². The maximum absolute atomic E-state index is 6.72. The molecule has 0 aliphatic rings. The monoisotopic (exact) mass is 407 g/mol. The quantitative estimate of drug-likeness (QED) is 0.391. The lowest BCUT2D eigenvalue weighted by atomic mass is 10.1. The molecule has 0 atom stereocenters. The van der Waals surface area contributed by atoms with Crippen LogP contribution in [0.15, 0.2) is 66.9 Å². The van der Waals surface area contributed by atoms with E-state index in [4.69, 9.17) is 28.2 Å². The Hall–Kier alpha value is -2.75. The van der Waals surface area contributed by atoms with Crippen molar-refractivity contribution in [3.8, 4) is 0 Å². The highest BCUT2D eigenvalue weighted by atomic mass is 35.5.